The Labute approximate surface area is 155 Å². The summed E-state index contributed by atoms with van der Waals surface area (Å²) in [5.41, 5.74) is 1.81. The summed E-state index contributed by atoms with van der Waals surface area (Å²) in [6.45, 7) is 3.06. The van der Waals surface area contributed by atoms with E-state index >= 15 is 0 Å². The fourth-order valence-electron chi connectivity index (χ4n) is 2.17. The van der Waals surface area contributed by atoms with Crippen LogP contribution in [-0.4, -0.2) is 18.4 Å². The third-order valence-electron chi connectivity index (χ3n) is 3.35. The molecule has 2 amide bonds. The van der Waals surface area contributed by atoms with Gasteiger partial charge < -0.3 is 10.2 Å². The number of carbonyl (C=O) groups excluding carboxylic acids is 2. The second-order valence-corrected chi connectivity index (χ2v) is 6.49. The third-order valence-corrected chi connectivity index (χ3v) is 4.15. The predicted molar refractivity (Wildman–Crippen MR) is 99.3 cm³/mol. The number of halogens is 3. The van der Waals surface area contributed by atoms with Crippen LogP contribution < -0.4 is 10.2 Å². The molecule has 2 aromatic rings. The highest BCUT2D eigenvalue weighted by atomic mass is 35.5. The number of carbonyl (C=O) groups is 2. The monoisotopic (exact) mass is 384 g/mol. The summed E-state index contributed by atoms with van der Waals surface area (Å²) >= 11 is 17.9. The maximum absolute atomic E-state index is 12.3. The first kappa shape index (κ1) is 18.6. The van der Waals surface area contributed by atoms with Crippen molar-refractivity contribution in [1.29, 1.82) is 0 Å². The van der Waals surface area contributed by atoms with Crippen LogP contribution in [0.25, 0.3) is 0 Å². The fraction of sp³-hybridized carbons (Fsp3) is 0.176. The number of nitrogens with zero attached hydrogens (tertiary/aromatic N) is 1. The second kappa shape index (κ2) is 7.88. The molecule has 7 heteroatoms. The van der Waals surface area contributed by atoms with Crippen LogP contribution in [0.2, 0.25) is 15.1 Å². The fourth-order valence-corrected chi connectivity index (χ4v) is 2.67. The summed E-state index contributed by atoms with van der Waals surface area (Å²) in [7, 11) is 0. The van der Waals surface area contributed by atoms with Gasteiger partial charge in [0.25, 0.3) is 0 Å². The lowest BCUT2D eigenvalue weighted by Crippen LogP contribution is -2.37. The van der Waals surface area contributed by atoms with Crippen LogP contribution >= 0.6 is 34.8 Å². The Kier molecular flexibility index (Phi) is 6.10. The Morgan fingerprint density at radius 1 is 1.04 bits per heavy atom. The van der Waals surface area contributed by atoms with E-state index in [9.17, 15) is 9.59 Å². The maximum atomic E-state index is 12.3. The first-order valence-corrected chi connectivity index (χ1v) is 8.20. The minimum absolute atomic E-state index is 0.167. The van der Waals surface area contributed by atoms with Crippen molar-refractivity contribution >= 4 is 58.0 Å². The van der Waals surface area contributed by atoms with Crippen LogP contribution in [0, 0.1) is 6.92 Å². The van der Waals surface area contributed by atoms with E-state index in [4.69, 9.17) is 34.8 Å². The molecule has 0 heterocycles. The molecule has 0 fully saturated rings. The Hall–Kier alpha value is -1.75. The maximum Gasteiger partial charge on any atom is 0.244 e. The van der Waals surface area contributed by atoms with Gasteiger partial charge in [0.05, 0.1) is 10.7 Å². The molecular weight excluding hydrogens is 371 g/mol. The summed E-state index contributed by atoms with van der Waals surface area (Å²) in [5, 5.41) is 3.95. The van der Waals surface area contributed by atoms with Crippen molar-refractivity contribution in [2.45, 2.75) is 13.8 Å². The first-order chi connectivity index (χ1) is 11.3. The molecule has 0 aromatic heterocycles. The van der Waals surface area contributed by atoms with Gasteiger partial charge >= 0.3 is 0 Å². The molecule has 4 nitrogen and oxygen atoms in total. The molecule has 2 rings (SSSR count). The Morgan fingerprint density at radius 3 is 2.33 bits per heavy atom. The van der Waals surface area contributed by atoms with Gasteiger partial charge in [-0.05, 0) is 42.8 Å². The topological polar surface area (TPSA) is 49.4 Å². The molecule has 0 spiro atoms. The summed E-state index contributed by atoms with van der Waals surface area (Å²) in [6, 6.07) is 9.92. The average molecular weight is 386 g/mol. The quantitative estimate of drug-likeness (QED) is 0.810. The highest BCUT2D eigenvalue weighted by molar-refractivity contribution is 6.35. The van der Waals surface area contributed by atoms with Crippen LogP contribution in [0.4, 0.5) is 11.4 Å². The number of amides is 2. The predicted octanol–water partition coefficient (Wildman–Crippen LogP) is 4.95. The lowest BCUT2D eigenvalue weighted by atomic mass is 10.1. The number of aryl methyl sites for hydroxylation is 1. The minimum Gasteiger partial charge on any atom is -0.323 e. The average Bonchev–Trinajstić information content (AvgIpc) is 2.51. The minimum atomic E-state index is -0.395. The number of anilines is 2. The molecule has 0 aliphatic carbocycles. The van der Waals surface area contributed by atoms with Gasteiger partial charge in [-0.25, -0.2) is 0 Å². The molecule has 0 radical (unpaired) electrons. The largest absolute Gasteiger partial charge is 0.323 e. The molecule has 24 heavy (non-hydrogen) atoms. The van der Waals surface area contributed by atoms with Gasteiger partial charge in [0.2, 0.25) is 11.8 Å². The SMILES string of the molecule is CC(=O)N(CC(=O)Nc1cc(Cl)ccc1Cl)c1cc(Cl)ccc1C. The molecule has 1 N–H and O–H groups in total. The van der Waals surface area contributed by atoms with E-state index < -0.39 is 5.91 Å². The van der Waals surface area contributed by atoms with E-state index in [0.717, 1.165) is 5.56 Å². The van der Waals surface area contributed by atoms with E-state index in [1.54, 1.807) is 36.4 Å². The third kappa shape index (κ3) is 4.63. The van der Waals surface area contributed by atoms with Crippen molar-refractivity contribution in [3.8, 4) is 0 Å². The Morgan fingerprint density at radius 2 is 1.67 bits per heavy atom. The van der Waals surface area contributed by atoms with Crippen molar-refractivity contribution in [2.75, 3.05) is 16.8 Å². The van der Waals surface area contributed by atoms with Crippen molar-refractivity contribution < 1.29 is 9.59 Å². The molecule has 0 aliphatic rings. The summed E-state index contributed by atoms with van der Waals surface area (Å²) in [5.74, 6) is -0.665. The molecule has 126 valence electrons. The normalized spacial score (nSPS) is 10.4. The smallest absolute Gasteiger partial charge is 0.244 e. The van der Waals surface area contributed by atoms with Gasteiger partial charge in [0.15, 0.2) is 0 Å². The first-order valence-electron chi connectivity index (χ1n) is 7.07. The van der Waals surface area contributed by atoms with Gasteiger partial charge in [-0.15, -0.1) is 0 Å². The van der Waals surface area contributed by atoms with E-state index in [0.29, 0.717) is 26.4 Å². The standard InChI is InChI=1S/C17H15Cl3N2O2/c1-10-3-4-13(19)8-16(10)22(11(2)23)9-17(24)21-15-7-12(18)5-6-14(15)20/h3-8H,9H2,1-2H3,(H,21,24). The molecule has 0 aliphatic heterocycles. The molecule has 0 unspecified atom stereocenters. The van der Waals surface area contributed by atoms with Gasteiger partial charge in [-0.1, -0.05) is 40.9 Å². The van der Waals surface area contributed by atoms with Crippen molar-refractivity contribution in [2.24, 2.45) is 0 Å². The number of hydrogen-bond donors (Lipinski definition) is 1. The van der Waals surface area contributed by atoms with E-state index in [-0.39, 0.29) is 12.5 Å². The Bertz CT molecular complexity index is 793. The zero-order valence-corrected chi connectivity index (χ0v) is 15.3. The molecular formula is C17H15Cl3N2O2. The summed E-state index contributed by atoms with van der Waals surface area (Å²) in [4.78, 5) is 25.6. The van der Waals surface area contributed by atoms with E-state index in [2.05, 4.69) is 5.32 Å². The van der Waals surface area contributed by atoms with Crippen molar-refractivity contribution in [3.63, 3.8) is 0 Å². The molecule has 0 atom stereocenters. The zero-order chi connectivity index (χ0) is 17.9. The molecule has 2 aromatic carbocycles. The highest BCUT2D eigenvalue weighted by Gasteiger charge is 2.18. The van der Waals surface area contributed by atoms with Crippen molar-refractivity contribution in [3.05, 3.63) is 57.0 Å². The van der Waals surface area contributed by atoms with Crippen LogP contribution in [0.5, 0.6) is 0 Å². The summed E-state index contributed by atoms with van der Waals surface area (Å²) < 4.78 is 0. The van der Waals surface area contributed by atoms with E-state index in [1.807, 2.05) is 6.92 Å². The van der Waals surface area contributed by atoms with Gasteiger partial charge in [0, 0.05) is 22.7 Å². The lowest BCUT2D eigenvalue weighted by Gasteiger charge is -2.23. The zero-order valence-electron chi connectivity index (χ0n) is 13.1. The van der Waals surface area contributed by atoms with Gasteiger partial charge in [-0.3, -0.25) is 9.59 Å². The van der Waals surface area contributed by atoms with E-state index in [1.165, 1.54) is 11.8 Å². The van der Waals surface area contributed by atoms with Crippen molar-refractivity contribution in [1.82, 2.24) is 0 Å². The van der Waals surface area contributed by atoms with Crippen LogP contribution in [0.15, 0.2) is 36.4 Å². The number of nitrogens with one attached hydrogen (secondary N) is 1. The Balaban J connectivity index is 2.22. The number of hydrogen-bond acceptors (Lipinski definition) is 2. The van der Waals surface area contributed by atoms with Crippen LogP contribution in [0.1, 0.15) is 12.5 Å². The molecule has 0 bridgehead atoms. The number of benzene rings is 2. The van der Waals surface area contributed by atoms with Crippen LogP contribution in [0.3, 0.4) is 0 Å². The molecule has 0 saturated carbocycles. The second-order valence-electron chi connectivity index (χ2n) is 5.21. The summed E-state index contributed by atoms with van der Waals surface area (Å²) in [6.07, 6.45) is 0. The molecule has 0 saturated heterocycles. The van der Waals surface area contributed by atoms with Gasteiger partial charge in [-0.2, -0.15) is 0 Å². The van der Waals surface area contributed by atoms with Crippen LogP contribution in [-0.2, 0) is 9.59 Å². The lowest BCUT2D eigenvalue weighted by molar-refractivity contribution is -0.120. The number of rotatable bonds is 4. The van der Waals surface area contributed by atoms with Gasteiger partial charge in [0.1, 0.15) is 6.54 Å². The highest BCUT2D eigenvalue weighted by Crippen LogP contribution is 2.27.